The maximum Gasteiger partial charge on any atom is 0.356 e. The molecule has 94 valence electrons. The molecule has 1 aromatic rings. The van der Waals surface area contributed by atoms with E-state index in [0.29, 0.717) is 5.69 Å². The lowest BCUT2D eigenvalue weighted by Gasteiger charge is -2.26. The first kappa shape index (κ1) is 12.1. The summed E-state index contributed by atoms with van der Waals surface area (Å²) in [6, 6.07) is 0. The summed E-state index contributed by atoms with van der Waals surface area (Å²) in [5.74, 6) is -1.05. The monoisotopic (exact) mass is 258 g/mol. The summed E-state index contributed by atoms with van der Waals surface area (Å²) in [6.07, 6.45) is 3.86. The molecule has 1 aliphatic rings. The molecule has 0 aliphatic heterocycles. The van der Waals surface area contributed by atoms with E-state index in [-0.39, 0.29) is 16.8 Å². The minimum atomic E-state index is -3.50. The molecule has 1 aliphatic carbocycles. The van der Waals surface area contributed by atoms with Gasteiger partial charge in [0.15, 0.2) is 5.69 Å². The van der Waals surface area contributed by atoms with Crippen molar-refractivity contribution >= 4 is 15.8 Å². The number of hydrogen-bond acceptors (Lipinski definition) is 4. The zero-order valence-electron chi connectivity index (χ0n) is 9.67. The molecule has 0 spiro atoms. The predicted molar refractivity (Wildman–Crippen MR) is 59.9 cm³/mol. The first-order chi connectivity index (χ1) is 7.82. The third-order valence-corrected chi connectivity index (χ3v) is 4.15. The van der Waals surface area contributed by atoms with Crippen molar-refractivity contribution in [3.8, 4) is 0 Å². The van der Waals surface area contributed by atoms with Crippen LogP contribution in [-0.4, -0.2) is 35.3 Å². The highest BCUT2D eigenvalue weighted by molar-refractivity contribution is 7.90. The summed E-state index contributed by atoms with van der Waals surface area (Å²) >= 11 is 0. The molecule has 0 amide bonds. The van der Waals surface area contributed by atoms with Gasteiger partial charge in [0.05, 0.1) is 5.69 Å². The normalized spacial score (nSPS) is 16.8. The van der Waals surface area contributed by atoms with Gasteiger partial charge in [-0.05, 0) is 12.8 Å². The number of sulfone groups is 1. The topological polar surface area (TPSA) is 89.3 Å². The van der Waals surface area contributed by atoms with Crippen molar-refractivity contribution in [2.45, 2.75) is 30.3 Å². The molecule has 1 saturated carbocycles. The van der Waals surface area contributed by atoms with E-state index in [0.717, 1.165) is 25.5 Å². The van der Waals surface area contributed by atoms with Crippen molar-refractivity contribution in [3.63, 3.8) is 0 Å². The number of aromatic nitrogens is 2. The van der Waals surface area contributed by atoms with Crippen molar-refractivity contribution in [2.24, 2.45) is 7.05 Å². The van der Waals surface area contributed by atoms with Gasteiger partial charge in [0.2, 0.25) is 15.0 Å². The molecule has 0 bridgehead atoms. The molecule has 0 atom stereocenters. The average molecular weight is 258 g/mol. The number of rotatable bonds is 3. The van der Waals surface area contributed by atoms with E-state index in [1.54, 1.807) is 7.05 Å². The largest absolute Gasteiger partial charge is 0.476 e. The third kappa shape index (κ3) is 1.95. The Morgan fingerprint density at radius 2 is 2.06 bits per heavy atom. The Hall–Kier alpha value is -1.37. The number of carboxylic acids is 1. The van der Waals surface area contributed by atoms with Gasteiger partial charge in [0.1, 0.15) is 0 Å². The van der Waals surface area contributed by atoms with Gasteiger partial charge in [0.25, 0.3) is 0 Å². The molecule has 0 unspecified atom stereocenters. The first-order valence-electron chi connectivity index (χ1n) is 5.32. The van der Waals surface area contributed by atoms with Crippen LogP contribution in [0.25, 0.3) is 0 Å². The van der Waals surface area contributed by atoms with Gasteiger partial charge in [-0.1, -0.05) is 6.42 Å². The molecule has 1 aromatic heterocycles. The van der Waals surface area contributed by atoms with Gasteiger partial charge >= 0.3 is 5.97 Å². The summed E-state index contributed by atoms with van der Waals surface area (Å²) in [7, 11) is -1.94. The van der Waals surface area contributed by atoms with E-state index in [1.807, 2.05) is 0 Å². The highest BCUT2D eigenvalue weighted by Gasteiger charge is 2.32. The Labute approximate surface area is 99.2 Å². The van der Waals surface area contributed by atoms with Crippen LogP contribution in [0.15, 0.2) is 5.16 Å². The third-order valence-electron chi connectivity index (χ3n) is 3.12. The molecule has 7 heteroatoms. The molecule has 0 radical (unpaired) electrons. The van der Waals surface area contributed by atoms with Crippen LogP contribution in [0.4, 0.5) is 0 Å². The van der Waals surface area contributed by atoms with Crippen LogP contribution < -0.4 is 0 Å². The Balaban J connectivity index is 2.63. The standard InChI is InChI=1S/C10H14N2O4S/c1-12-8(6-4-3-5-6)7(9(13)14)11-10(12)17(2,15)16/h6H,3-5H2,1-2H3,(H,13,14). The summed E-state index contributed by atoms with van der Waals surface area (Å²) in [6.45, 7) is 0. The molecular weight excluding hydrogens is 244 g/mol. The Bertz CT molecular complexity index is 569. The van der Waals surface area contributed by atoms with Crippen molar-refractivity contribution in [3.05, 3.63) is 11.4 Å². The van der Waals surface area contributed by atoms with Crippen LogP contribution in [0.2, 0.25) is 0 Å². The minimum absolute atomic E-state index is 0.120. The highest BCUT2D eigenvalue weighted by Crippen LogP contribution is 2.38. The fourth-order valence-corrected chi connectivity index (χ4v) is 2.98. The minimum Gasteiger partial charge on any atom is -0.476 e. The molecule has 1 fully saturated rings. The molecule has 2 rings (SSSR count). The van der Waals surface area contributed by atoms with Crippen molar-refractivity contribution in [2.75, 3.05) is 6.26 Å². The fraction of sp³-hybridized carbons (Fsp3) is 0.600. The van der Waals surface area contributed by atoms with Crippen LogP contribution in [0.5, 0.6) is 0 Å². The smallest absolute Gasteiger partial charge is 0.356 e. The lowest BCUT2D eigenvalue weighted by atomic mass is 9.82. The van der Waals surface area contributed by atoms with Crippen molar-refractivity contribution < 1.29 is 18.3 Å². The molecule has 0 saturated heterocycles. The number of imidazole rings is 1. The van der Waals surface area contributed by atoms with Crippen LogP contribution in [-0.2, 0) is 16.9 Å². The number of carbonyl (C=O) groups is 1. The van der Waals surface area contributed by atoms with E-state index in [1.165, 1.54) is 4.57 Å². The van der Waals surface area contributed by atoms with Gasteiger partial charge in [-0.3, -0.25) is 0 Å². The van der Waals surface area contributed by atoms with E-state index in [9.17, 15) is 13.2 Å². The van der Waals surface area contributed by atoms with E-state index in [4.69, 9.17) is 5.11 Å². The lowest BCUT2D eigenvalue weighted by molar-refractivity contribution is 0.0687. The van der Waals surface area contributed by atoms with E-state index >= 15 is 0 Å². The summed E-state index contributed by atoms with van der Waals surface area (Å²) in [5.41, 5.74) is 0.404. The Morgan fingerprint density at radius 3 is 2.41 bits per heavy atom. The second-order valence-corrected chi connectivity index (χ2v) is 6.30. The quantitative estimate of drug-likeness (QED) is 0.865. The fourth-order valence-electron chi connectivity index (χ4n) is 2.13. The summed E-state index contributed by atoms with van der Waals surface area (Å²) < 4.78 is 24.4. The van der Waals surface area contributed by atoms with E-state index < -0.39 is 15.8 Å². The zero-order chi connectivity index (χ0) is 12.8. The lowest BCUT2D eigenvalue weighted by Crippen LogP contribution is -2.17. The number of carboxylic acid groups (broad SMARTS) is 1. The summed E-state index contributed by atoms with van der Waals surface area (Å²) in [5, 5.41) is 8.90. The van der Waals surface area contributed by atoms with Gasteiger partial charge in [-0.15, -0.1) is 0 Å². The van der Waals surface area contributed by atoms with Gasteiger partial charge in [-0.25, -0.2) is 18.2 Å². The number of hydrogen-bond donors (Lipinski definition) is 1. The van der Waals surface area contributed by atoms with Gasteiger partial charge < -0.3 is 9.67 Å². The number of nitrogens with zero attached hydrogens (tertiary/aromatic N) is 2. The highest BCUT2D eigenvalue weighted by atomic mass is 32.2. The van der Waals surface area contributed by atoms with Crippen LogP contribution in [0, 0.1) is 0 Å². The second-order valence-electron chi connectivity index (χ2n) is 4.39. The van der Waals surface area contributed by atoms with Crippen LogP contribution in [0.3, 0.4) is 0 Å². The molecular formula is C10H14N2O4S. The number of aromatic carboxylic acids is 1. The SMILES string of the molecule is Cn1c(S(C)(=O)=O)nc(C(=O)O)c1C1CCC1. The molecule has 1 N–H and O–H groups in total. The average Bonchev–Trinajstić information content (AvgIpc) is 2.41. The molecule has 6 nitrogen and oxygen atoms in total. The van der Waals surface area contributed by atoms with Crippen LogP contribution >= 0.6 is 0 Å². The van der Waals surface area contributed by atoms with Gasteiger partial charge in [0, 0.05) is 19.2 Å². The molecule has 1 heterocycles. The van der Waals surface area contributed by atoms with Crippen LogP contribution in [0.1, 0.15) is 41.4 Å². The Morgan fingerprint density at radius 1 is 1.47 bits per heavy atom. The first-order valence-corrected chi connectivity index (χ1v) is 7.21. The maximum atomic E-state index is 11.5. The van der Waals surface area contributed by atoms with E-state index in [2.05, 4.69) is 4.98 Å². The van der Waals surface area contributed by atoms with Crippen molar-refractivity contribution in [1.82, 2.24) is 9.55 Å². The van der Waals surface area contributed by atoms with Gasteiger partial charge in [-0.2, -0.15) is 0 Å². The predicted octanol–water partition coefficient (Wildman–Crippen LogP) is 0.789. The van der Waals surface area contributed by atoms with Crippen molar-refractivity contribution in [1.29, 1.82) is 0 Å². The zero-order valence-corrected chi connectivity index (χ0v) is 10.5. The Kier molecular flexibility index (Phi) is 2.73. The molecule has 0 aromatic carbocycles. The second kappa shape index (κ2) is 3.83. The maximum absolute atomic E-state index is 11.5. The summed E-state index contributed by atoms with van der Waals surface area (Å²) in [4.78, 5) is 14.8. The molecule has 17 heavy (non-hydrogen) atoms.